The van der Waals surface area contributed by atoms with Crippen LogP contribution in [-0.4, -0.2) is 20.8 Å². The molecule has 1 aliphatic carbocycles. The molecule has 0 atom stereocenters. The third-order valence-electron chi connectivity index (χ3n) is 3.65. The van der Waals surface area contributed by atoms with Crippen molar-refractivity contribution < 1.29 is 4.39 Å². The number of halogens is 1. The first-order valence-electron chi connectivity index (χ1n) is 6.54. The van der Waals surface area contributed by atoms with Gasteiger partial charge in [0.05, 0.1) is 6.54 Å². The van der Waals surface area contributed by atoms with Gasteiger partial charge in [0.25, 0.3) is 0 Å². The minimum atomic E-state index is -0.147. The second-order valence-electron chi connectivity index (χ2n) is 5.14. The van der Waals surface area contributed by atoms with Gasteiger partial charge in [-0.2, -0.15) is 5.10 Å². The first-order valence-corrected chi connectivity index (χ1v) is 6.54. The fourth-order valence-corrected chi connectivity index (χ4v) is 2.52. The maximum absolute atomic E-state index is 13.1. The molecule has 1 saturated carbocycles. The monoisotopic (exact) mass is 260 g/mol. The van der Waals surface area contributed by atoms with Crippen LogP contribution < -0.4 is 5.32 Å². The first kappa shape index (κ1) is 12.3. The van der Waals surface area contributed by atoms with Crippen molar-refractivity contribution in [1.29, 1.82) is 0 Å². The predicted molar refractivity (Wildman–Crippen MR) is 70.0 cm³/mol. The number of aromatic nitrogens is 3. The van der Waals surface area contributed by atoms with E-state index in [1.165, 1.54) is 6.07 Å². The molecule has 5 heteroatoms. The molecule has 1 N–H and O–H groups in total. The Morgan fingerprint density at radius 3 is 2.95 bits per heavy atom. The molecule has 100 valence electrons. The summed E-state index contributed by atoms with van der Waals surface area (Å²) in [7, 11) is 1.86. The van der Waals surface area contributed by atoms with Crippen molar-refractivity contribution in [2.24, 2.45) is 7.05 Å². The van der Waals surface area contributed by atoms with Crippen molar-refractivity contribution in [1.82, 2.24) is 20.1 Å². The zero-order valence-electron chi connectivity index (χ0n) is 10.9. The van der Waals surface area contributed by atoms with Crippen molar-refractivity contribution in [3.63, 3.8) is 0 Å². The van der Waals surface area contributed by atoms with Crippen LogP contribution in [0.2, 0.25) is 0 Å². The number of nitrogens with one attached hydrogen (secondary N) is 1. The number of nitrogens with zero attached hydrogens (tertiary/aromatic N) is 3. The van der Waals surface area contributed by atoms with E-state index in [9.17, 15) is 4.39 Å². The van der Waals surface area contributed by atoms with Crippen LogP contribution in [0.1, 0.15) is 30.1 Å². The van der Waals surface area contributed by atoms with Crippen LogP contribution in [0.15, 0.2) is 30.6 Å². The van der Waals surface area contributed by atoms with Crippen LogP contribution in [0.4, 0.5) is 4.39 Å². The molecule has 0 spiro atoms. The van der Waals surface area contributed by atoms with Crippen molar-refractivity contribution in [2.75, 3.05) is 0 Å². The molecule has 0 radical (unpaired) electrons. The van der Waals surface area contributed by atoms with Crippen LogP contribution in [0.5, 0.6) is 0 Å². The second kappa shape index (κ2) is 5.09. The normalized spacial score (nSPS) is 22.2. The molecule has 1 aromatic carbocycles. The highest BCUT2D eigenvalue weighted by Gasteiger charge is 2.30. The second-order valence-corrected chi connectivity index (χ2v) is 5.14. The quantitative estimate of drug-likeness (QED) is 0.914. The Balaban J connectivity index is 1.48. The zero-order chi connectivity index (χ0) is 13.2. The van der Waals surface area contributed by atoms with Gasteiger partial charge in [-0.3, -0.25) is 4.68 Å². The largest absolute Gasteiger partial charge is 0.307 e. The third kappa shape index (κ3) is 2.81. The minimum Gasteiger partial charge on any atom is -0.307 e. The summed E-state index contributed by atoms with van der Waals surface area (Å²) in [5, 5.41) is 7.65. The van der Waals surface area contributed by atoms with E-state index in [4.69, 9.17) is 0 Å². The van der Waals surface area contributed by atoms with Gasteiger partial charge >= 0.3 is 0 Å². The van der Waals surface area contributed by atoms with Gasteiger partial charge in [0, 0.05) is 13.1 Å². The van der Waals surface area contributed by atoms with Crippen LogP contribution in [0, 0.1) is 5.82 Å². The fraction of sp³-hybridized carbons (Fsp3) is 0.429. The van der Waals surface area contributed by atoms with E-state index in [0.29, 0.717) is 18.5 Å². The number of aryl methyl sites for hydroxylation is 1. The molecule has 1 aliphatic rings. The molecular formula is C14H17FN4. The van der Waals surface area contributed by atoms with Crippen molar-refractivity contribution in [2.45, 2.75) is 31.3 Å². The van der Waals surface area contributed by atoms with Gasteiger partial charge in [0.15, 0.2) is 5.82 Å². The van der Waals surface area contributed by atoms with Gasteiger partial charge in [0.2, 0.25) is 0 Å². The maximum atomic E-state index is 13.1. The topological polar surface area (TPSA) is 42.7 Å². The van der Waals surface area contributed by atoms with Crippen LogP contribution in [-0.2, 0) is 13.6 Å². The molecule has 3 rings (SSSR count). The maximum Gasteiger partial charge on any atom is 0.164 e. The lowest BCUT2D eigenvalue weighted by Crippen LogP contribution is -2.39. The number of benzene rings is 1. The van der Waals surface area contributed by atoms with E-state index < -0.39 is 0 Å². The minimum absolute atomic E-state index is 0.147. The van der Waals surface area contributed by atoms with Crippen LogP contribution in [0.25, 0.3) is 0 Å². The summed E-state index contributed by atoms with van der Waals surface area (Å²) < 4.78 is 14.8. The summed E-state index contributed by atoms with van der Waals surface area (Å²) >= 11 is 0. The van der Waals surface area contributed by atoms with E-state index in [1.54, 1.807) is 23.1 Å². The van der Waals surface area contributed by atoms with Gasteiger partial charge in [-0.1, -0.05) is 12.1 Å². The fourth-order valence-electron chi connectivity index (χ4n) is 2.52. The van der Waals surface area contributed by atoms with Crippen LogP contribution >= 0.6 is 0 Å². The number of hydrogen-bond donors (Lipinski definition) is 1. The highest BCUT2D eigenvalue weighted by molar-refractivity contribution is 5.23. The Kier molecular flexibility index (Phi) is 3.29. The summed E-state index contributed by atoms with van der Waals surface area (Å²) in [6, 6.07) is 7.40. The smallest absolute Gasteiger partial charge is 0.164 e. The molecule has 0 saturated heterocycles. The summed E-state index contributed by atoms with van der Waals surface area (Å²) in [4.78, 5) is 4.17. The summed E-state index contributed by atoms with van der Waals surface area (Å²) in [6.07, 6.45) is 3.81. The SMILES string of the molecule is Cn1cnc(CNC2CC(c3cccc(F)c3)C2)n1. The number of hydrogen-bond acceptors (Lipinski definition) is 3. The highest BCUT2D eigenvalue weighted by atomic mass is 19.1. The van der Waals surface area contributed by atoms with E-state index in [0.717, 1.165) is 24.2 Å². The lowest BCUT2D eigenvalue weighted by atomic mass is 9.76. The van der Waals surface area contributed by atoms with E-state index in [1.807, 2.05) is 13.1 Å². The first-order chi connectivity index (χ1) is 9.20. The summed E-state index contributed by atoms with van der Waals surface area (Å²) in [6.45, 7) is 0.696. The molecule has 2 aromatic rings. The highest BCUT2D eigenvalue weighted by Crippen LogP contribution is 2.37. The van der Waals surface area contributed by atoms with Gasteiger partial charge in [-0.25, -0.2) is 9.37 Å². The Hall–Kier alpha value is -1.75. The van der Waals surface area contributed by atoms with Gasteiger partial charge in [-0.15, -0.1) is 0 Å². The van der Waals surface area contributed by atoms with E-state index >= 15 is 0 Å². The van der Waals surface area contributed by atoms with Crippen molar-refractivity contribution in [3.05, 3.63) is 47.8 Å². The Bertz CT molecular complexity index is 560. The summed E-state index contributed by atoms with van der Waals surface area (Å²) in [5.74, 6) is 1.15. The molecule has 4 nitrogen and oxygen atoms in total. The lowest BCUT2D eigenvalue weighted by Gasteiger charge is -2.36. The van der Waals surface area contributed by atoms with E-state index in [2.05, 4.69) is 15.4 Å². The Morgan fingerprint density at radius 1 is 1.42 bits per heavy atom. The summed E-state index contributed by atoms with van der Waals surface area (Å²) in [5.41, 5.74) is 1.11. The van der Waals surface area contributed by atoms with Crippen molar-refractivity contribution in [3.8, 4) is 0 Å². The van der Waals surface area contributed by atoms with Gasteiger partial charge < -0.3 is 5.32 Å². The van der Waals surface area contributed by atoms with Crippen LogP contribution in [0.3, 0.4) is 0 Å². The standard InChI is InChI=1S/C14H17FN4/c1-19-9-17-14(18-19)8-16-13-6-11(7-13)10-3-2-4-12(15)5-10/h2-5,9,11,13,16H,6-8H2,1H3. The molecule has 0 amide bonds. The molecule has 1 fully saturated rings. The Labute approximate surface area is 111 Å². The van der Waals surface area contributed by atoms with Gasteiger partial charge in [-0.05, 0) is 36.5 Å². The molecule has 19 heavy (non-hydrogen) atoms. The molecule has 0 aliphatic heterocycles. The predicted octanol–water partition coefficient (Wildman–Crippen LogP) is 1.99. The van der Waals surface area contributed by atoms with Gasteiger partial charge in [0.1, 0.15) is 12.1 Å². The molecular weight excluding hydrogens is 243 g/mol. The zero-order valence-corrected chi connectivity index (χ0v) is 10.9. The number of rotatable bonds is 4. The lowest BCUT2D eigenvalue weighted by molar-refractivity contribution is 0.287. The molecule has 1 aromatic heterocycles. The Morgan fingerprint density at radius 2 is 2.26 bits per heavy atom. The molecule has 1 heterocycles. The third-order valence-corrected chi connectivity index (χ3v) is 3.65. The average molecular weight is 260 g/mol. The average Bonchev–Trinajstić information content (AvgIpc) is 2.73. The van der Waals surface area contributed by atoms with Crippen molar-refractivity contribution >= 4 is 0 Å². The molecule has 0 bridgehead atoms. The van der Waals surface area contributed by atoms with E-state index in [-0.39, 0.29) is 5.82 Å². The molecule has 0 unspecified atom stereocenters.